The van der Waals surface area contributed by atoms with Crippen molar-refractivity contribution in [3.8, 4) is 0 Å². The largest absolute Gasteiger partial charge is 0.480 e. The van der Waals surface area contributed by atoms with E-state index in [1.54, 1.807) is 6.92 Å². The Bertz CT molecular complexity index is 461. The van der Waals surface area contributed by atoms with E-state index in [0.717, 1.165) is 25.7 Å². The molecule has 5 nitrogen and oxygen atoms in total. The molecule has 1 aromatic heterocycles. The molecular weight excluding hydrogens is 249 g/mol. The number of pyridine rings is 1. The van der Waals surface area contributed by atoms with Gasteiger partial charge in [-0.15, -0.1) is 0 Å². The third-order valence-electron chi connectivity index (χ3n) is 3.66. The quantitative estimate of drug-likeness (QED) is 0.848. The Kier molecular flexibility index (Phi) is 4.11. The van der Waals surface area contributed by atoms with Crippen molar-refractivity contribution in [3.05, 3.63) is 29.8 Å². The van der Waals surface area contributed by atoms with Gasteiger partial charge >= 0.3 is 5.97 Å². The van der Waals surface area contributed by atoms with Crippen molar-refractivity contribution in [2.24, 2.45) is 0 Å². The molecule has 1 saturated heterocycles. The van der Waals surface area contributed by atoms with Crippen molar-refractivity contribution in [2.45, 2.75) is 18.9 Å². The average molecular weight is 267 g/mol. The Morgan fingerprint density at radius 2 is 2.26 bits per heavy atom. The van der Waals surface area contributed by atoms with Crippen LogP contribution < -0.4 is 5.32 Å². The number of nitrogens with zero attached hydrogens (tertiary/aromatic N) is 2. The molecule has 0 amide bonds. The van der Waals surface area contributed by atoms with E-state index >= 15 is 0 Å². The van der Waals surface area contributed by atoms with Gasteiger partial charge in [-0.25, -0.2) is 9.18 Å². The van der Waals surface area contributed by atoms with Gasteiger partial charge in [0.15, 0.2) is 0 Å². The van der Waals surface area contributed by atoms with Crippen LogP contribution in [0.2, 0.25) is 0 Å². The minimum absolute atomic E-state index is 0.377. The van der Waals surface area contributed by atoms with Crippen molar-refractivity contribution in [3.63, 3.8) is 0 Å². The first-order valence-electron chi connectivity index (χ1n) is 6.35. The van der Waals surface area contributed by atoms with Gasteiger partial charge in [0.05, 0.1) is 6.20 Å². The van der Waals surface area contributed by atoms with Gasteiger partial charge in [-0.3, -0.25) is 9.88 Å². The fourth-order valence-electron chi connectivity index (χ4n) is 2.41. The molecule has 1 aliphatic rings. The molecule has 0 radical (unpaired) electrons. The summed E-state index contributed by atoms with van der Waals surface area (Å²) < 4.78 is 13.3. The standard InChI is InChI=1S/C13H18FN3O2/c1-13(12(18)19,10-7-11(14)9-16-8-10)17-5-2-3-15-4-6-17/h7-9,15H,2-6H2,1H3,(H,18,19). The van der Waals surface area contributed by atoms with Crippen LogP contribution in [-0.2, 0) is 10.3 Å². The van der Waals surface area contributed by atoms with E-state index in [2.05, 4.69) is 10.3 Å². The molecule has 2 heterocycles. The Morgan fingerprint density at radius 1 is 1.47 bits per heavy atom. The van der Waals surface area contributed by atoms with Gasteiger partial charge in [-0.2, -0.15) is 0 Å². The molecule has 1 atom stereocenters. The van der Waals surface area contributed by atoms with Crippen molar-refractivity contribution in [1.29, 1.82) is 0 Å². The number of aromatic nitrogens is 1. The molecule has 0 aromatic carbocycles. The maximum atomic E-state index is 13.3. The molecule has 6 heteroatoms. The maximum Gasteiger partial charge on any atom is 0.328 e. The number of carboxylic acid groups (broad SMARTS) is 1. The number of nitrogens with one attached hydrogen (secondary N) is 1. The summed E-state index contributed by atoms with van der Waals surface area (Å²) in [5.74, 6) is -1.50. The molecule has 104 valence electrons. The molecule has 0 bridgehead atoms. The lowest BCUT2D eigenvalue weighted by molar-refractivity contribution is -0.151. The summed E-state index contributed by atoms with van der Waals surface area (Å²) in [6.07, 6.45) is 3.37. The van der Waals surface area contributed by atoms with E-state index in [9.17, 15) is 14.3 Å². The highest BCUT2D eigenvalue weighted by Gasteiger charge is 2.41. The molecule has 0 spiro atoms. The minimum atomic E-state index is -1.25. The van der Waals surface area contributed by atoms with Gasteiger partial charge in [-0.1, -0.05) is 0 Å². The molecule has 0 aliphatic carbocycles. The van der Waals surface area contributed by atoms with Gasteiger partial charge < -0.3 is 10.4 Å². The second-order valence-corrected chi connectivity index (χ2v) is 4.86. The van der Waals surface area contributed by atoms with E-state index in [4.69, 9.17) is 0 Å². The van der Waals surface area contributed by atoms with Crippen molar-refractivity contribution in [2.75, 3.05) is 26.2 Å². The predicted octanol–water partition coefficient (Wildman–Crippen LogP) is 0.816. The van der Waals surface area contributed by atoms with Crippen LogP contribution in [0.25, 0.3) is 0 Å². The first-order valence-corrected chi connectivity index (χ1v) is 6.35. The van der Waals surface area contributed by atoms with Crippen LogP contribution in [0.4, 0.5) is 4.39 Å². The number of hydrogen-bond acceptors (Lipinski definition) is 4. The molecular formula is C13H18FN3O2. The number of hydrogen-bond donors (Lipinski definition) is 2. The van der Waals surface area contributed by atoms with Gasteiger partial charge in [0.25, 0.3) is 0 Å². The Morgan fingerprint density at radius 3 is 2.95 bits per heavy atom. The fraction of sp³-hybridized carbons (Fsp3) is 0.538. The topological polar surface area (TPSA) is 65.5 Å². The Labute approximate surface area is 111 Å². The summed E-state index contributed by atoms with van der Waals surface area (Å²) in [5.41, 5.74) is -0.872. The molecule has 1 aliphatic heterocycles. The van der Waals surface area contributed by atoms with Crippen molar-refractivity contribution in [1.82, 2.24) is 15.2 Å². The van der Waals surface area contributed by atoms with Crippen LogP contribution in [0.5, 0.6) is 0 Å². The maximum absolute atomic E-state index is 13.3. The molecule has 2 rings (SSSR count). The van der Waals surface area contributed by atoms with Gasteiger partial charge in [0.1, 0.15) is 11.4 Å². The second-order valence-electron chi connectivity index (χ2n) is 4.86. The number of halogens is 1. The first-order chi connectivity index (χ1) is 9.05. The van der Waals surface area contributed by atoms with Crippen LogP contribution >= 0.6 is 0 Å². The summed E-state index contributed by atoms with van der Waals surface area (Å²) in [6, 6.07) is 1.25. The predicted molar refractivity (Wildman–Crippen MR) is 68.2 cm³/mol. The number of aliphatic carboxylic acids is 1. The molecule has 2 N–H and O–H groups in total. The zero-order valence-electron chi connectivity index (χ0n) is 10.9. The molecule has 1 unspecified atom stereocenters. The molecule has 19 heavy (non-hydrogen) atoms. The lowest BCUT2D eigenvalue weighted by atomic mass is 9.91. The monoisotopic (exact) mass is 267 g/mol. The first kappa shape index (κ1) is 13.9. The highest BCUT2D eigenvalue weighted by atomic mass is 19.1. The molecule has 0 saturated carbocycles. The number of carbonyl (C=O) groups is 1. The van der Waals surface area contributed by atoms with Crippen LogP contribution in [0, 0.1) is 5.82 Å². The fourth-order valence-corrected chi connectivity index (χ4v) is 2.41. The minimum Gasteiger partial charge on any atom is -0.480 e. The third kappa shape index (κ3) is 2.74. The van der Waals surface area contributed by atoms with Crippen LogP contribution in [0.3, 0.4) is 0 Å². The van der Waals surface area contributed by atoms with Crippen LogP contribution in [-0.4, -0.2) is 47.1 Å². The average Bonchev–Trinajstić information content (AvgIpc) is 2.66. The van der Waals surface area contributed by atoms with Crippen LogP contribution in [0.15, 0.2) is 18.5 Å². The van der Waals surface area contributed by atoms with Gasteiger partial charge in [0, 0.05) is 31.4 Å². The highest BCUT2D eigenvalue weighted by Crippen LogP contribution is 2.29. The van der Waals surface area contributed by atoms with E-state index in [1.807, 2.05) is 4.90 Å². The Balaban J connectivity index is 2.38. The van der Waals surface area contributed by atoms with E-state index < -0.39 is 17.3 Å². The number of rotatable bonds is 3. The van der Waals surface area contributed by atoms with Crippen molar-refractivity contribution < 1.29 is 14.3 Å². The van der Waals surface area contributed by atoms with Crippen LogP contribution in [0.1, 0.15) is 18.9 Å². The second kappa shape index (κ2) is 5.63. The lowest BCUT2D eigenvalue weighted by Gasteiger charge is -2.37. The zero-order valence-corrected chi connectivity index (χ0v) is 10.9. The smallest absolute Gasteiger partial charge is 0.328 e. The normalized spacial score (nSPS) is 20.5. The lowest BCUT2D eigenvalue weighted by Crippen LogP contribution is -2.51. The zero-order chi connectivity index (χ0) is 13.9. The molecule has 1 fully saturated rings. The SMILES string of the molecule is CC(C(=O)O)(c1cncc(F)c1)N1CCCNCC1. The highest BCUT2D eigenvalue weighted by molar-refractivity contribution is 5.80. The summed E-state index contributed by atoms with van der Waals surface area (Å²) >= 11 is 0. The molecule has 1 aromatic rings. The van der Waals surface area contributed by atoms with Crippen molar-refractivity contribution >= 4 is 5.97 Å². The van der Waals surface area contributed by atoms with E-state index in [1.165, 1.54) is 12.3 Å². The summed E-state index contributed by atoms with van der Waals surface area (Å²) in [7, 11) is 0. The Hall–Kier alpha value is -1.53. The number of carboxylic acids is 1. The van der Waals surface area contributed by atoms with Gasteiger partial charge in [0.2, 0.25) is 0 Å². The summed E-state index contributed by atoms with van der Waals surface area (Å²) in [4.78, 5) is 17.4. The van der Waals surface area contributed by atoms with E-state index in [0.29, 0.717) is 18.7 Å². The summed E-state index contributed by atoms with van der Waals surface area (Å²) in [6.45, 7) is 4.47. The third-order valence-corrected chi connectivity index (χ3v) is 3.66. The van der Waals surface area contributed by atoms with E-state index in [-0.39, 0.29) is 0 Å². The summed E-state index contributed by atoms with van der Waals surface area (Å²) in [5, 5.41) is 12.8. The van der Waals surface area contributed by atoms with Gasteiger partial charge in [-0.05, 0) is 26.0 Å².